The van der Waals surface area contributed by atoms with Gasteiger partial charge in [0.25, 0.3) is 0 Å². The van der Waals surface area contributed by atoms with Crippen LogP contribution >= 0.6 is 0 Å². The van der Waals surface area contributed by atoms with Crippen molar-refractivity contribution in [3.8, 4) is 11.8 Å². The van der Waals surface area contributed by atoms with Gasteiger partial charge in [-0.2, -0.15) is 5.26 Å². The Bertz CT molecular complexity index is 1360. The van der Waals surface area contributed by atoms with Gasteiger partial charge in [-0.15, -0.1) is 0 Å². The molecule has 9 heteroatoms. The van der Waals surface area contributed by atoms with Gasteiger partial charge in [-0.25, -0.2) is 4.90 Å². The molecule has 274 valence electrons. The van der Waals surface area contributed by atoms with Crippen molar-refractivity contribution in [2.75, 3.05) is 46.9 Å². The SMILES string of the molecule is C=CC(=O)N1CCN(C2C3CC[C@]4(CCc5cccc(OC)c5C4)CC3NC(OCC3CCCN3C)N2C2CCCCCCC2)CC1CC#N. The number of fused-ring (bicyclic) bond motifs is 2. The molecule has 1 aromatic rings. The number of hydrogen-bond donors (Lipinski definition) is 1. The van der Waals surface area contributed by atoms with Crippen LogP contribution in [0, 0.1) is 22.7 Å². The van der Waals surface area contributed by atoms with E-state index in [9.17, 15) is 10.1 Å². The van der Waals surface area contributed by atoms with Gasteiger partial charge in [0.05, 0.1) is 38.4 Å². The van der Waals surface area contributed by atoms with Gasteiger partial charge in [0.1, 0.15) is 5.75 Å². The van der Waals surface area contributed by atoms with E-state index in [4.69, 9.17) is 9.47 Å². The molecule has 3 aliphatic heterocycles. The summed E-state index contributed by atoms with van der Waals surface area (Å²) >= 11 is 0. The standard InChI is InChI=1S/C41H62N6O3/c1-4-38(48)46-25-24-45(28-32(46)19-22-42)39-34-18-21-41(20-17-30-12-10-16-37(49-3)35(30)26-41)27-36(34)43-40(50-29-33-15-11-23-44(33)2)47(39)31-13-8-6-5-7-9-14-31/h4,10,12,16,31-34,36,39-40,43H,1,5-9,11,13-15,17-21,23-29H2,2-3H3/t32?,33?,34?,36?,39?,40?,41-/m0/s1. The van der Waals surface area contributed by atoms with Crippen molar-refractivity contribution >= 4 is 5.91 Å². The highest BCUT2D eigenvalue weighted by molar-refractivity contribution is 5.87. The van der Waals surface area contributed by atoms with E-state index < -0.39 is 0 Å². The molecular formula is C41H62N6O3. The summed E-state index contributed by atoms with van der Waals surface area (Å²) in [7, 11) is 4.07. The number of hydrogen-bond acceptors (Lipinski definition) is 8. The molecule has 6 unspecified atom stereocenters. The summed E-state index contributed by atoms with van der Waals surface area (Å²) in [5.41, 5.74) is 3.12. The molecule has 50 heavy (non-hydrogen) atoms. The van der Waals surface area contributed by atoms with Crippen LogP contribution in [0.4, 0.5) is 0 Å². The number of piperazine rings is 1. The Hall–Kier alpha value is -2.48. The molecule has 7 rings (SSSR count). The van der Waals surface area contributed by atoms with E-state index in [0.29, 0.717) is 37.0 Å². The minimum Gasteiger partial charge on any atom is -0.496 e. The van der Waals surface area contributed by atoms with E-state index in [2.05, 4.69) is 57.9 Å². The Morgan fingerprint density at radius 3 is 2.62 bits per heavy atom. The lowest BCUT2D eigenvalue weighted by Crippen LogP contribution is -2.75. The maximum Gasteiger partial charge on any atom is 0.246 e. The zero-order valence-corrected chi connectivity index (χ0v) is 30.9. The van der Waals surface area contributed by atoms with Crippen LogP contribution in [0.15, 0.2) is 30.9 Å². The number of amides is 1. The first-order valence-electron chi connectivity index (χ1n) is 20.0. The number of nitriles is 1. The summed E-state index contributed by atoms with van der Waals surface area (Å²) in [6, 6.07) is 10.1. The maximum absolute atomic E-state index is 13.0. The largest absolute Gasteiger partial charge is 0.496 e. The molecule has 3 heterocycles. The van der Waals surface area contributed by atoms with Crippen LogP contribution in [0.25, 0.3) is 0 Å². The number of aryl methyl sites for hydroxylation is 1. The molecule has 9 nitrogen and oxygen atoms in total. The third kappa shape index (κ3) is 7.39. The summed E-state index contributed by atoms with van der Waals surface area (Å²) in [6.45, 7) is 7.84. The number of likely N-dealkylation sites (tertiary alicyclic amines) is 1. The van der Waals surface area contributed by atoms with E-state index >= 15 is 0 Å². The molecule has 1 spiro atoms. The molecule has 3 aliphatic carbocycles. The van der Waals surface area contributed by atoms with Gasteiger partial charge in [0, 0.05) is 43.7 Å². The highest BCUT2D eigenvalue weighted by Crippen LogP contribution is 2.52. The first-order chi connectivity index (χ1) is 24.4. The van der Waals surface area contributed by atoms with Crippen LogP contribution < -0.4 is 10.1 Å². The predicted molar refractivity (Wildman–Crippen MR) is 196 cm³/mol. The van der Waals surface area contributed by atoms with Crippen molar-refractivity contribution in [2.45, 2.75) is 139 Å². The Kier molecular flexibility index (Phi) is 11.5. The molecule has 6 aliphatic rings. The molecule has 1 amide bonds. The fourth-order valence-electron chi connectivity index (χ4n) is 11.0. The summed E-state index contributed by atoms with van der Waals surface area (Å²) in [6.07, 6.45) is 20.1. The van der Waals surface area contributed by atoms with Crippen LogP contribution in [0.5, 0.6) is 5.75 Å². The number of ether oxygens (including phenoxy) is 2. The average molecular weight is 687 g/mol. The Balaban J connectivity index is 1.22. The van der Waals surface area contributed by atoms with Crippen molar-refractivity contribution in [2.24, 2.45) is 11.3 Å². The Labute approximate surface area is 301 Å². The van der Waals surface area contributed by atoms with Crippen LogP contribution in [-0.4, -0.2) is 109 Å². The van der Waals surface area contributed by atoms with E-state index in [1.807, 2.05) is 12.0 Å². The summed E-state index contributed by atoms with van der Waals surface area (Å²) in [5.74, 6) is 1.44. The second kappa shape index (κ2) is 16.0. The first kappa shape index (κ1) is 35.9. The molecular weight excluding hydrogens is 624 g/mol. The fourth-order valence-corrected chi connectivity index (χ4v) is 11.0. The molecule has 5 fully saturated rings. The molecule has 7 atom stereocenters. The van der Waals surface area contributed by atoms with Gasteiger partial charge in [-0.1, -0.05) is 50.8 Å². The number of nitrogens with one attached hydrogen (secondary N) is 1. The summed E-state index contributed by atoms with van der Waals surface area (Å²) in [4.78, 5) is 22.8. The van der Waals surface area contributed by atoms with Crippen molar-refractivity contribution < 1.29 is 14.3 Å². The van der Waals surface area contributed by atoms with Gasteiger partial charge in [-0.3, -0.25) is 15.0 Å². The third-order valence-electron chi connectivity index (χ3n) is 13.7. The van der Waals surface area contributed by atoms with Crippen molar-refractivity contribution in [3.63, 3.8) is 0 Å². The number of methoxy groups -OCH3 is 1. The minimum atomic E-state index is -0.150. The van der Waals surface area contributed by atoms with E-state index in [1.165, 1.54) is 94.3 Å². The van der Waals surface area contributed by atoms with Gasteiger partial charge in [0.2, 0.25) is 5.91 Å². The molecule has 0 radical (unpaired) electrons. The molecule has 1 aromatic carbocycles. The summed E-state index contributed by atoms with van der Waals surface area (Å²) < 4.78 is 13.1. The van der Waals surface area contributed by atoms with E-state index in [-0.39, 0.29) is 29.9 Å². The predicted octanol–water partition coefficient (Wildman–Crippen LogP) is 5.69. The zero-order valence-electron chi connectivity index (χ0n) is 30.9. The fraction of sp³-hybridized carbons (Fsp3) is 0.756. The molecule has 3 saturated heterocycles. The number of likely N-dealkylation sites (N-methyl/N-ethyl adjacent to an activating group) is 1. The van der Waals surface area contributed by atoms with Crippen molar-refractivity contribution in [1.29, 1.82) is 5.26 Å². The topological polar surface area (TPSA) is 84.3 Å². The quantitative estimate of drug-likeness (QED) is 0.350. The monoisotopic (exact) mass is 686 g/mol. The normalized spacial score (nSPS) is 34.7. The minimum absolute atomic E-state index is 0.0560. The van der Waals surface area contributed by atoms with Crippen molar-refractivity contribution in [3.05, 3.63) is 42.0 Å². The number of benzene rings is 1. The second-order valence-corrected chi connectivity index (χ2v) is 16.5. The van der Waals surface area contributed by atoms with Gasteiger partial charge >= 0.3 is 0 Å². The zero-order chi connectivity index (χ0) is 34.7. The second-order valence-electron chi connectivity index (χ2n) is 16.5. The number of carbonyl (C=O) groups excluding carboxylic acids is 1. The highest BCUT2D eigenvalue weighted by Gasteiger charge is 2.54. The lowest BCUT2D eigenvalue weighted by molar-refractivity contribution is -0.219. The van der Waals surface area contributed by atoms with Crippen LogP contribution in [-0.2, 0) is 22.4 Å². The molecule has 0 aromatic heterocycles. The molecule has 0 bridgehead atoms. The first-order valence-corrected chi connectivity index (χ1v) is 20.0. The van der Waals surface area contributed by atoms with Gasteiger partial charge in [-0.05, 0) is 106 Å². The van der Waals surface area contributed by atoms with Crippen molar-refractivity contribution in [1.82, 2.24) is 24.9 Å². The highest BCUT2D eigenvalue weighted by atomic mass is 16.5. The van der Waals surface area contributed by atoms with Crippen LogP contribution in [0.3, 0.4) is 0 Å². The average Bonchev–Trinajstić information content (AvgIpc) is 3.53. The van der Waals surface area contributed by atoms with Gasteiger partial charge in [0.15, 0.2) is 6.35 Å². The lowest BCUT2D eigenvalue weighted by atomic mass is 9.59. The van der Waals surface area contributed by atoms with E-state index in [1.54, 1.807) is 0 Å². The Morgan fingerprint density at radius 2 is 1.88 bits per heavy atom. The van der Waals surface area contributed by atoms with E-state index in [0.717, 1.165) is 51.3 Å². The van der Waals surface area contributed by atoms with Crippen LogP contribution in [0.2, 0.25) is 0 Å². The number of rotatable bonds is 8. The third-order valence-corrected chi connectivity index (χ3v) is 13.7. The molecule has 2 saturated carbocycles. The lowest BCUT2D eigenvalue weighted by Gasteiger charge is -2.61. The Morgan fingerprint density at radius 1 is 1.06 bits per heavy atom. The summed E-state index contributed by atoms with van der Waals surface area (Å²) in [5, 5.41) is 14.1. The number of nitrogens with zero attached hydrogens (tertiary/aromatic N) is 5. The number of carbonyl (C=O) groups is 1. The van der Waals surface area contributed by atoms with Crippen LogP contribution in [0.1, 0.15) is 101 Å². The van der Waals surface area contributed by atoms with Gasteiger partial charge < -0.3 is 19.3 Å². The smallest absolute Gasteiger partial charge is 0.246 e. The molecule has 1 N–H and O–H groups in total. The maximum atomic E-state index is 13.0.